The number of carbonyl (C=O) groups excluding carboxylic acids is 1. The van der Waals surface area contributed by atoms with Crippen molar-refractivity contribution in [2.75, 3.05) is 5.01 Å². The maximum absolute atomic E-state index is 12.5. The van der Waals surface area contributed by atoms with Gasteiger partial charge < -0.3 is 10.1 Å². The average Bonchev–Trinajstić information content (AvgIpc) is 3.09. The second kappa shape index (κ2) is 8.24. The minimum atomic E-state index is -4.75. The van der Waals surface area contributed by atoms with E-state index in [2.05, 4.69) is 20.1 Å². The summed E-state index contributed by atoms with van der Waals surface area (Å²) in [5.41, 5.74) is 0.607. The van der Waals surface area contributed by atoms with Crippen molar-refractivity contribution in [1.82, 2.24) is 10.3 Å². The van der Waals surface area contributed by atoms with Crippen LogP contribution < -0.4 is 15.1 Å². The standard InChI is InChI=1S/C17H13Cl2F3N4O2/c18-11-7-13(19)15(23-9-11)26-14(5-6-25-26)16(27)24-8-10-1-3-12(4-2-10)28-17(20,21)22/h1-4,6-7,9,14H,5,8H2,(H,24,27). The Morgan fingerprint density at radius 2 is 2.00 bits per heavy atom. The van der Waals surface area contributed by atoms with Crippen molar-refractivity contribution in [3.63, 3.8) is 0 Å². The highest BCUT2D eigenvalue weighted by molar-refractivity contribution is 6.36. The molecular weight excluding hydrogens is 420 g/mol. The Morgan fingerprint density at radius 3 is 2.64 bits per heavy atom. The molecule has 148 valence electrons. The van der Waals surface area contributed by atoms with Crippen LogP contribution in [0.3, 0.4) is 0 Å². The number of benzene rings is 1. The van der Waals surface area contributed by atoms with Crippen molar-refractivity contribution >= 4 is 41.1 Å². The number of carbonyl (C=O) groups is 1. The number of rotatable bonds is 5. The summed E-state index contributed by atoms with van der Waals surface area (Å²) >= 11 is 12.0. The number of hydrogen-bond acceptors (Lipinski definition) is 5. The van der Waals surface area contributed by atoms with Crippen LogP contribution in [-0.4, -0.2) is 29.5 Å². The highest BCUT2D eigenvalue weighted by Crippen LogP contribution is 2.30. The predicted octanol–water partition coefficient (Wildman–Crippen LogP) is 4.17. The maximum atomic E-state index is 12.5. The van der Waals surface area contributed by atoms with E-state index in [0.29, 0.717) is 22.8 Å². The Kier molecular flexibility index (Phi) is 5.95. The van der Waals surface area contributed by atoms with Crippen molar-refractivity contribution < 1.29 is 22.7 Å². The van der Waals surface area contributed by atoms with E-state index in [-0.39, 0.29) is 23.2 Å². The number of ether oxygens (including phenoxy) is 1. The Hall–Kier alpha value is -2.52. The highest BCUT2D eigenvalue weighted by Gasteiger charge is 2.32. The van der Waals surface area contributed by atoms with Crippen LogP contribution in [0.4, 0.5) is 19.0 Å². The molecule has 0 spiro atoms. The number of alkyl halides is 3. The average molecular weight is 433 g/mol. The van der Waals surface area contributed by atoms with Gasteiger partial charge in [0.15, 0.2) is 5.82 Å². The van der Waals surface area contributed by atoms with Crippen molar-refractivity contribution in [2.45, 2.75) is 25.4 Å². The number of amides is 1. The molecule has 11 heteroatoms. The second-order valence-electron chi connectivity index (χ2n) is 5.76. The van der Waals surface area contributed by atoms with Gasteiger partial charge in [-0.05, 0) is 23.8 Å². The number of halogens is 5. The molecule has 1 unspecified atom stereocenters. The van der Waals surface area contributed by atoms with E-state index in [4.69, 9.17) is 23.2 Å². The first-order valence-electron chi connectivity index (χ1n) is 7.98. The molecule has 6 nitrogen and oxygen atoms in total. The molecule has 1 atom stereocenters. The monoisotopic (exact) mass is 432 g/mol. The summed E-state index contributed by atoms with van der Waals surface area (Å²) in [6.07, 6.45) is -1.43. The van der Waals surface area contributed by atoms with E-state index in [0.717, 1.165) is 0 Å². The van der Waals surface area contributed by atoms with Crippen LogP contribution in [-0.2, 0) is 11.3 Å². The number of hydrazone groups is 1. The Labute approximate surface area is 167 Å². The van der Waals surface area contributed by atoms with Crippen LogP contribution in [0.2, 0.25) is 10.0 Å². The number of anilines is 1. The van der Waals surface area contributed by atoms with Gasteiger partial charge in [0.1, 0.15) is 11.8 Å². The van der Waals surface area contributed by atoms with Crippen molar-refractivity contribution in [1.29, 1.82) is 0 Å². The van der Waals surface area contributed by atoms with Gasteiger partial charge in [-0.15, -0.1) is 13.2 Å². The first-order chi connectivity index (χ1) is 13.2. The molecule has 1 N–H and O–H groups in total. The van der Waals surface area contributed by atoms with Crippen LogP contribution in [0.1, 0.15) is 12.0 Å². The van der Waals surface area contributed by atoms with E-state index < -0.39 is 12.4 Å². The highest BCUT2D eigenvalue weighted by atomic mass is 35.5. The van der Waals surface area contributed by atoms with Crippen LogP contribution in [0, 0.1) is 0 Å². The Bertz CT molecular complexity index is 891. The zero-order chi connectivity index (χ0) is 20.3. The lowest BCUT2D eigenvalue weighted by molar-refractivity contribution is -0.274. The van der Waals surface area contributed by atoms with Crippen molar-refractivity contribution in [2.24, 2.45) is 5.10 Å². The minimum Gasteiger partial charge on any atom is -0.406 e. The third kappa shape index (κ3) is 5.05. The Morgan fingerprint density at radius 1 is 1.29 bits per heavy atom. The summed E-state index contributed by atoms with van der Waals surface area (Å²) in [5, 5.41) is 8.86. The summed E-state index contributed by atoms with van der Waals surface area (Å²) in [5.74, 6) is -0.365. The van der Waals surface area contributed by atoms with Crippen LogP contribution >= 0.6 is 23.2 Å². The molecule has 28 heavy (non-hydrogen) atoms. The fraction of sp³-hybridized carbons (Fsp3) is 0.235. The van der Waals surface area contributed by atoms with Gasteiger partial charge in [0.25, 0.3) is 0 Å². The number of nitrogens with zero attached hydrogens (tertiary/aromatic N) is 3. The maximum Gasteiger partial charge on any atom is 0.573 e. The lowest BCUT2D eigenvalue weighted by Crippen LogP contribution is -2.42. The van der Waals surface area contributed by atoms with Crippen LogP contribution in [0.15, 0.2) is 41.6 Å². The van der Waals surface area contributed by atoms with Gasteiger partial charge in [0, 0.05) is 25.4 Å². The van der Waals surface area contributed by atoms with E-state index in [1.807, 2.05) is 0 Å². The summed E-state index contributed by atoms with van der Waals surface area (Å²) in [6, 6.07) is 6.07. The zero-order valence-corrected chi connectivity index (χ0v) is 15.6. The quantitative estimate of drug-likeness (QED) is 0.769. The van der Waals surface area contributed by atoms with Gasteiger partial charge in [-0.2, -0.15) is 5.10 Å². The number of nitrogens with one attached hydrogen (secondary N) is 1. The molecule has 0 aliphatic carbocycles. The third-order valence-electron chi connectivity index (χ3n) is 3.76. The molecule has 0 fully saturated rings. The number of hydrogen-bond donors (Lipinski definition) is 1. The first kappa shape index (κ1) is 20.2. The summed E-state index contributed by atoms with van der Waals surface area (Å²) in [7, 11) is 0. The number of aromatic nitrogens is 1. The largest absolute Gasteiger partial charge is 0.573 e. The molecule has 3 rings (SSSR count). The van der Waals surface area contributed by atoms with Crippen LogP contribution in [0.25, 0.3) is 0 Å². The SMILES string of the molecule is O=C(NCc1ccc(OC(F)(F)F)cc1)C1CC=NN1c1ncc(Cl)cc1Cl. The smallest absolute Gasteiger partial charge is 0.406 e. The second-order valence-corrected chi connectivity index (χ2v) is 6.61. The predicted molar refractivity (Wildman–Crippen MR) is 98.6 cm³/mol. The van der Waals surface area contributed by atoms with E-state index in [1.54, 1.807) is 6.21 Å². The normalized spacial score (nSPS) is 16.3. The summed E-state index contributed by atoms with van der Waals surface area (Å²) < 4.78 is 40.3. The summed E-state index contributed by atoms with van der Waals surface area (Å²) in [6.45, 7) is 0.122. The molecule has 2 heterocycles. The fourth-order valence-corrected chi connectivity index (χ4v) is 2.99. The van der Waals surface area contributed by atoms with Crippen molar-refractivity contribution in [3.05, 3.63) is 52.1 Å². The van der Waals surface area contributed by atoms with Gasteiger partial charge >= 0.3 is 6.36 Å². The molecule has 1 aliphatic heterocycles. The van der Waals surface area contributed by atoms with Crippen molar-refractivity contribution in [3.8, 4) is 5.75 Å². The molecule has 1 aromatic heterocycles. The molecule has 0 saturated heterocycles. The van der Waals surface area contributed by atoms with E-state index in [9.17, 15) is 18.0 Å². The molecule has 2 aromatic rings. The molecule has 0 saturated carbocycles. The summed E-state index contributed by atoms with van der Waals surface area (Å²) in [4.78, 5) is 16.6. The van der Waals surface area contributed by atoms with Gasteiger partial charge in [0.2, 0.25) is 5.91 Å². The van der Waals surface area contributed by atoms with Gasteiger partial charge in [-0.1, -0.05) is 35.3 Å². The zero-order valence-electron chi connectivity index (χ0n) is 14.1. The molecule has 0 radical (unpaired) electrons. The van der Waals surface area contributed by atoms with Gasteiger partial charge in [-0.3, -0.25) is 4.79 Å². The minimum absolute atomic E-state index is 0.122. The van der Waals surface area contributed by atoms with E-state index in [1.165, 1.54) is 41.5 Å². The molecular formula is C17H13Cl2F3N4O2. The topological polar surface area (TPSA) is 66.8 Å². The lowest BCUT2D eigenvalue weighted by Gasteiger charge is -2.22. The van der Waals surface area contributed by atoms with Crippen LogP contribution in [0.5, 0.6) is 5.75 Å². The lowest BCUT2D eigenvalue weighted by atomic mass is 10.2. The Balaban J connectivity index is 1.61. The third-order valence-corrected chi connectivity index (χ3v) is 4.25. The number of pyridine rings is 1. The fourth-order valence-electron chi connectivity index (χ4n) is 2.53. The molecule has 0 bridgehead atoms. The molecule has 1 aromatic carbocycles. The van der Waals surface area contributed by atoms with Gasteiger partial charge in [0.05, 0.1) is 10.0 Å². The molecule has 1 amide bonds. The van der Waals surface area contributed by atoms with Gasteiger partial charge in [-0.25, -0.2) is 9.99 Å². The first-order valence-corrected chi connectivity index (χ1v) is 8.73. The van der Waals surface area contributed by atoms with E-state index >= 15 is 0 Å². The molecule has 1 aliphatic rings.